The molecule has 8 aromatic carbocycles. The summed E-state index contributed by atoms with van der Waals surface area (Å²) in [6.45, 7) is 4.75. The molecule has 0 aliphatic heterocycles. The molecule has 0 N–H and O–H groups in total. The van der Waals surface area contributed by atoms with Gasteiger partial charge in [-0.1, -0.05) is 129 Å². The summed E-state index contributed by atoms with van der Waals surface area (Å²) in [5, 5.41) is 4.89. The van der Waals surface area contributed by atoms with Gasteiger partial charge < -0.3 is 8.98 Å². The Morgan fingerprint density at radius 3 is 1.72 bits per heavy atom. The number of hydrogen-bond donors (Lipinski definition) is 0. The van der Waals surface area contributed by atoms with Crippen LogP contribution in [0.15, 0.2) is 168 Å². The third-order valence-electron chi connectivity index (χ3n) is 13.2. The quantitative estimate of drug-likeness (QED) is 0.168. The first-order chi connectivity index (χ1) is 26.5. The number of hydrogen-bond acceptors (Lipinski definition) is 1. The summed E-state index contributed by atoms with van der Waals surface area (Å²) < 4.78 is 9.13. The van der Waals surface area contributed by atoms with E-state index in [1.807, 2.05) is 0 Å². The second kappa shape index (κ2) is 9.66. The summed E-state index contributed by atoms with van der Waals surface area (Å²) in [7, 11) is 0. The summed E-state index contributed by atoms with van der Waals surface area (Å²) in [6, 6.07) is 61.4. The molecule has 0 unspecified atom stereocenters. The molecule has 0 fully saturated rings. The molecular formula is C52H33NO. The number of para-hydroxylation sites is 2. The van der Waals surface area contributed by atoms with Crippen LogP contribution in [0.5, 0.6) is 0 Å². The highest BCUT2D eigenvalue weighted by molar-refractivity contribution is 6.12. The van der Waals surface area contributed by atoms with Crippen molar-refractivity contribution in [1.29, 1.82) is 0 Å². The summed E-state index contributed by atoms with van der Waals surface area (Å²) in [6.07, 6.45) is 0. The van der Waals surface area contributed by atoms with Crippen molar-refractivity contribution in [2.24, 2.45) is 0 Å². The van der Waals surface area contributed by atoms with E-state index in [4.69, 9.17) is 4.42 Å². The number of nitrogens with zero attached hydrogens (tertiary/aromatic N) is 1. The van der Waals surface area contributed by atoms with E-state index in [0.717, 1.165) is 21.9 Å². The van der Waals surface area contributed by atoms with Gasteiger partial charge in [-0.15, -0.1) is 0 Å². The third-order valence-corrected chi connectivity index (χ3v) is 13.2. The largest absolute Gasteiger partial charge is 0.456 e. The monoisotopic (exact) mass is 687 g/mol. The number of benzene rings is 8. The van der Waals surface area contributed by atoms with Crippen LogP contribution in [-0.2, 0) is 10.8 Å². The van der Waals surface area contributed by atoms with Gasteiger partial charge in [0.1, 0.15) is 11.2 Å². The van der Waals surface area contributed by atoms with Gasteiger partial charge >= 0.3 is 0 Å². The minimum Gasteiger partial charge on any atom is -0.456 e. The van der Waals surface area contributed by atoms with Crippen LogP contribution >= 0.6 is 0 Å². The second-order valence-corrected chi connectivity index (χ2v) is 16.0. The van der Waals surface area contributed by atoms with E-state index in [2.05, 4.69) is 182 Å². The second-order valence-electron chi connectivity index (χ2n) is 16.0. The minimum absolute atomic E-state index is 0.0939. The molecule has 10 aromatic rings. The van der Waals surface area contributed by atoms with E-state index in [1.165, 1.54) is 94.3 Å². The molecule has 2 heterocycles. The predicted octanol–water partition coefficient (Wildman–Crippen LogP) is 13.3. The van der Waals surface area contributed by atoms with Gasteiger partial charge in [0.25, 0.3) is 0 Å². The lowest BCUT2D eigenvalue weighted by Crippen LogP contribution is -2.26. The maximum atomic E-state index is 6.61. The van der Waals surface area contributed by atoms with Crippen LogP contribution in [0.3, 0.4) is 0 Å². The normalized spacial score (nSPS) is 15.1. The molecule has 2 nitrogen and oxygen atoms in total. The average Bonchev–Trinajstić information content (AvgIpc) is 3.96. The van der Waals surface area contributed by atoms with Crippen LogP contribution in [0.2, 0.25) is 0 Å². The zero-order chi connectivity index (χ0) is 35.5. The van der Waals surface area contributed by atoms with E-state index < -0.39 is 5.41 Å². The molecule has 3 aliphatic carbocycles. The zero-order valence-corrected chi connectivity index (χ0v) is 29.9. The summed E-state index contributed by atoms with van der Waals surface area (Å²) in [5.74, 6) is 0. The maximum absolute atomic E-state index is 6.61. The third kappa shape index (κ3) is 3.26. The molecule has 1 spiro atoms. The van der Waals surface area contributed by atoms with Gasteiger partial charge in [0.2, 0.25) is 0 Å². The fraction of sp³-hybridized carbons (Fsp3) is 0.0769. The van der Waals surface area contributed by atoms with Crippen molar-refractivity contribution >= 4 is 43.7 Å². The van der Waals surface area contributed by atoms with Crippen molar-refractivity contribution < 1.29 is 4.42 Å². The molecule has 3 aliphatic rings. The number of aromatic nitrogens is 1. The van der Waals surface area contributed by atoms with Crippen molar-refractivity contribution in [2.75, 3.05) is 0 Å². The van der Waals surface area contributed by atoms with Crippen LogP contribution in [-0.4, -0.2) is 4.57 Å². The first kappa shape index (κ1) is 28.9. The van der Waals surface area contributed by atoms with Gasteiger partial charge in [0.15, 0.2) is 0 Å². The van der Waals surface area contributed by atoms with Crippen molar-refractivity contribution in [2.45, 2.75) is 24.7 Å². The Hall–Kier alpha value is -6.64. The molecule has 0 saturated carbocycles. The fourth-order valence-electron chi connectivity index (χ4n) is 10.9. The lowest BCUT2D eigenvalue weighted by atomic mass is 9.70. The van der Waals surface area contributed by atoms with Crippen molar-refractivity contribution in [3.63, 3.8) is 0 Å². The van der Waals surface area contributed by atoms with E-state index in [-0.39, 0.29) is 5.41 Å². The number of rotatable bonds is 1. The van der Waals surface area contributed by atoms with Crippen molar-refractivity contribution in [3.05, 3.63) is 197 Å². The summed E-state index contributed by atoms with van der Waals surface area (Å²) >= 11 is 0. The van der Waals surface area contributed by atoms with E-state index >= 15 is 0 Å². The van der Waals surface area contributed by atoms with Crippen LogP contribution in [0, 0.1) is 0 Å². The van der Waals surface area contributed by atoms with E-state index in [9.17, 15) is 0 Å². The fourth-order valence-corrected chi connectivity index (χ4v) is 10.9. The van der Waals surface area contributed by atoms with Crippen molar-refractivity contribution in [1.82, 2.24) is 4.57 Å². The molecule has 13 rings (SSSR count). The number of fused-ring (bicyclic) bond motifs is 19. The maximum Gasteiger partial charge on any atom is 0.135 e. The highest BCUT2D eigenvalue weighted by Gasteiger charge is 2.52. The van der Waals surface area contributed by atoms with E-state index in [1.54, 1.807) is 0 Å². The molecule has 54 heavy (non-hydrogen) atoms. The highest BCUT2D eigenvalue weighted by Crippen LogP contribution is 2.64. The Balaban J connectivity index is 1.14. The Bertz CT molecular complexity index is 3270. The Morgan fingerprint density at radius 1 is 0.370 bits per heavy atom. The van der Waals surface area contributed by atoms with Crippen LogP contribution in [0.1, 0.15) is 47.2 Å². The summed E-state index contributed by atoms with van der Waals surface area (Å²) in [4.78, 5) is 0. The van der Waals surface area contributed by atoms with Crippen LogP contribution in [0.4, 0.5) is 0 Å². The Labute approximate surface area is 312 Å². The Morgan fingerprint density at radius 2 is 0.944 bits per heavy atom. The zero-order valence-electron chi connectivity index (χ0n) is 29.9. The van der Waals surface area contributed by atoms with Crippen LogP contribution < -0.4 is 0 Å². The van der Waals surface area contributed by atoms with E-state index in [0.29, 0.717) is 0 Å². The van der Waals surface area contributed by atoms with Crippen molar-refractivity contribution in [3.8, 4) is 39.1 Å². The average molecular weight is 688 g/mol. The molecule has 0 saturated heterocycles. The summed E-state index contributed by atoms with van der Waals surface area (Å²) in [5.41, 5.74) is 20.9. The smallest absolute Gasteiger partial charge is 0.135 e. The Kier molecular flexibility index (Phi) is 5.17. The molecule has 0 bridgehead atoms. The van der Waals surface area contributed by atoms with Gasteiger partial charge in [-0.05, 0) is 115 Å². The molecule has 252 valence electrons. The van der Waals surface area contributed by atoms with Gasteiger partial charge in [0.05, 0.1) is 16.4 Å². The SMILES string of the molecule is CC1(C)c2ccccc2-c2cc3c4ccccc4n(-c4ccc5c(c4)C4(c6ccccc6-c6ccccc64)c4cc6oc7ccccc7c6cc4-5)c3cc21. The van der Waals surface area contributed by atoms with Crippen LogP contribution in [0.25, 0.3) is 82.8 Å². The highest BCUT2D eigenvalue weighted by atomic mass is 16.3. The van der Waals surface area contributed by atoms with Gasteiger partial charge in [-0.25, -0.2) is 0 Å². The lowest BCUT2D eigenvalue weighted by Gasteiger charge is -2.30. The van der Waals surface area contributed by atoms with Gasteiger partial charge in [0, 0.05) is 32.6 Å². The minimum atomic E-state index is -0.495. The molecule has 0 amide bonds. The number of furan rings is 1. The first-order valence-corrected chi connectivity index (χ1v) is 19.0. The molecular weight excluding hydrogens is 655 g/mol. The topological polar surface area (TPSA) is 18.1 Å². The van der Waals surface area contributed by atoms with Gasteiger partial charge in [-0.2, -0.15) is 0 Å². The molecule has 0 radical (unpaired) electrons. The molecule has 0 atom stereocenters. The lowest BCUT2D eigenvalue weighted by molar-refractivity contribution is 0.661. The standard InChI is InChI=1S/C52H33NO/c1-51(2)41-18-8-3-15-33(41)37-26-39-35-16-6-11-21-47(35)53(48(39)28-44(37)51)30-23-24-34-38-27-40-36-17-7-12-22-49(36)54-50(40)29-46(38)52(45(34)25-30)42-19-9-4-13-31(42)32-14-5-10-20-43(32)52/h3-29H,1-2H3. The molecule has 2 aromatic heterocycles. The molecule has 2 heteroatoms. The first-order valence-electron chi connectivity index (χ1n) is 19.0. The van der Waals surface area contributed by atoms with Gasteiger partial charge in [-0.3, -0.25) is 0 Å². The predicted molar refractivity (Wildman–Crippen MR) is 222 cm³/mol.